The summed E-state index contributed by atoms with van der Waals surface area (Å²) in [7, 11) is -2.54. The van der Waals surface area contributed by atoms with Gasteiger partial charge in [-0.3, -0.25) is 9.59 Å². The highest BCUT2D eigenvalue weighted by molar-refractivity contribution is 7.89. The van der Waals surface area contributed by atoms with E-state index >= 15 is 0 Å². The predicted octanol–water partition coefficient (Wildman–Crippen LogP) is 4.52. The predicted molar refractivity (Wildman–Crippen MR) is 163 cm³/mol. The number of anilines is 1. The molecule has 4 rings (SSSR count). The first kappa shape index (κ1) is 32.7. The van der Waals surface area contributed by atoms with E-state index in [0.29, 0.717) is 50.8 Å². The Morgan fingerprint density at radius 3 is 2.59 bits per heavy atom. The summed E-state index contributed by atoms with van der Waals surface area (Å²) in [4.78, 5) is 36.0. The number of carbonyl (C=O) groups is 2. The number of carbonyl (C=O) groups excluding carboxylic acids is 2. The monoisotopic (exact) mass is 623 g/mol. The van der Waals surface area contributed by atoms with Gasteiger partial charge in [0.25, 0.3) is 0 Å². The molecule has 0 bridgehead atoms. The van der Waals surface area contributed by atoms with Crippen LogP contribution < -0.4 is 10.0 Å². The fourth-order valence-electron chi connectivity index (χ4n) is 4.88. The average Bonchev–Trinajstić information content (AvgIpc) is 3.64. The Morgan fingerprint density at radius 1 is 1.22 bits per heavy atom. The first-order valence-electron chi connectivity index (χ1n) is 13.5. The van der Waals surface area contributed by atoms with Gasteiger partial charge in [-0.05, 0) is 56.5 Å². The molecule has 1 saturated heterocycles. The molecule has 1 fully saturated rings. The highest BCUT2D eigenvalue weighted by Gasteiger charge is 2.33. The van der Waals surface area contributed by atoms with Gasteiger partial charge in [-0.1, -0.05) is 25.1 Å². The van der Waals surface area contributed by atoms with Crippen LogP contribution in [0.5, 0.6) is 0 Å². The summed E-state index contributed by atoms with van der Waals surface area (Å²) >= 11 is 1.45. The summed E-state index contributed by atoms with van der Waals surface area (Å²) in [6.45, 7) is 4.64. The molecule has 41 heavy (non-hydrogen) atoms. The maximum atomic E-state index is 13.9. The Bertz CT molecular complexity index is 1400. The van der Waals surface area contributed by atoms with Crippen LogP contribution in [0.1, 0.15) is 50.4 Å². The molecule has 2 aromatic heterocycles. The van der Waals surface area contributed by atoms with E-state index in [4.69, 9.17) is 4.74 Å². The molecule has 0 aliphatic carbocycles. The zero-order chi connectivity index (χ0) is 28.7. The number of hydrogen-bond acceptors (Lipinski definition) is 7. The van der Waals surface area contributed by atoms with Gasteiger partial charge in [0.15, 0.2) is 0 Å². The SMILES string of the molecule is CCC(=O)Nc1c(-c2cccs2)cccc1S(=O)(=O)N[C@@H](CCCc1nc[nH]c1C)C(=O)N1CCC(OC)CC1.Cl. The van der Waals surface area contributed by atoms with Crippen molar-refractivity contribution in [3.8, 4) is 10.4 Å². The number of likely N-dealkylation sites (tertiary alicyclic amines) is 1. The minimum atomic E-state index is -4.20. The van der Waals surface area contributed by atoms with E-state index in [1.54, 1.807) is 37.4 Å². The van der Waals surface area contributed by atoms with E-state index in [-0.39, 0.29) is 47.3 Å². The van der Waals surface area contributed by atoms with Crippen LogP contribution in [-0.2, 0) is 30.8 Å². The second-order valence-electron chi connectivity index (χ2n) is 9.86. The first-order chi connectivity index (χ1) is 19.2. The Morgan fingerprint density at radius 2 is 1.98 bits per heavy atom. The molecule has 1 aromatic carbocycles. The second-order valence-corrected chi connectivity index (χ2v) is 12.5. The number of aryl methyl sites for hydroxylation is 2. The van der Waals surface area contributed by atoms with Crippen molar-refractivity contribution in [1.29, 1.82) is 0 Å². The third-order valence-electron chi connectivity index (χ3n) is 7.21. The number of ether oxygens (including phenoxy) is 1. The number of methoxy groups -OCH3 is 1. The number of nitrogens with zero attached hydrogens (tertiary/aromatic N) is 2. The number of nitrogens with one attached hydrogen (secondary N) is 3. The van der Waals surface area contributed by atoms with E-state index in [2.05, 4.69) is 20.0 Å². The second kappa shape index (κ2) is 14.9. The molecular formula is C28H38ClN5O5S2. The number of rotatable bonds is 12. The van der Waals surface area contributed by atoms with Gasteiger partial charge in [-0.15, -0.1) is 23.7 Å². The Kier molecular flexibility index (Phi) is 11.9. The van der Waals surface area contributed by atoms with E-state index in [1.165, 1.54) is 17.4 Å². The summed E-state index contributed by atoms with van der Waals surface area (Å²) in [6, 6.07) is 7.67. The Labute approximate surface area is 251 Å². The standard InChI is InChI=1S/C28H37N5O5S2.ClH/c1-4-26(34)31-27-21(24-11-7-17-39-24)8-5-12-25(27)40(36,37)32-23(10-6-9-22-19(2)29-18-30-22)28(35)33-15-13-20(38-3)14-16-33;/h5,7-8,11-12,17-18,20,23,32H,4,6,9-10,13-16H2,1-3H3,(H,29,30)(H,31,34);1H/t23-;/m0./s1. The Hall–Kier alpha value is -2.77. The van der Waals surface area contributed by atoms with Crippen LogP contribution in [0.15, 0.2) is 46.9 Å². The number of thiophene rings is 1. The van der Waals surface area contributed by atoms with Crippen molar-refractivity contribution in [3.05, 3.63) is 53.4 Å². The third kappa shape index (κ3) is 8.16. The lowest BCUT2D eigenvalue weighted by Gasteiger charge is -2.34. The minimum absolute atomic E-state index is 0. The molecule has 1 aliphatic rings. The van der Waals surface area contributed by atoms with Crippen LogP contribution >= 0.6 is 23.7 Å². The van der Waals surface area contributed by atoms with Crippen molar-refractivity contribution in [2.45, 2.75) is 69.4 Å². The molecular weight excluding hydrogens is 586 g/mol. The molecule has 0 unspecified atom stereocenters. The van der Waals surface area contributed by atoms with Crippen LogP contribution in [-0.4, -0.2) is 67.4 Å². The maximum absolute atomic E-state index is 13.9. The fraction of sp³-hybridized carbons (Fsp3) is 0.464. The topological polar surface area (TPSA) is 133 Å². The van der Waals surface area contributed by atoms with Crippen molar-refractivity contribution in [3.63, 3.8) is 0 Å². The van der Waals surface area contributed by atoms with Gasteiger partial charge in [0.1, 0.15) is 10.9 Å². The molecule has 1 aliphatic heterocycles. The van der Waals surface area contributed by atoms with Crippen LogP contribution in [0.4, 0.5) is 5.69 Å². The lowest BCUT2D eigenvalue weighted by atomic mass is 10.0. The molecule has 224 valence electrons. The number of aromatic amines is 1. The summed E-state index contributed by atoms with van der Waals surface area (Å²) < 4.78 is 36.0. The quantitative estimate of drug-likeness (QED) is 0.272. The summed E-state index contributed by atoms with van der Waals surface area (Å²) in [5.74, 6) is -0.561. The lowest BCUT2D eigenvalue weighted by molar-refractivity contribution is -0.135. The van der Waals surface area contributed by atoms with Crippen molar-refractivity contribution in [2.75, 3.05) is 25.5 Å². The van der Waals surface area contributed by atoms with Gasteiger partial charge in [0, 0.05) is 42.8 Å². The van der Waals surface area contributed by atoms with Gasteiger partial charge >= 0.3 is 0 Å². The highest BCUT2D eigenvalue weighted by Crippen LogP contribution is 2.36. The van der Waals surface area contributed by atoms with Gasteiger partial charge in [-0.25, -0.2) is 13.4 Å². The molecule has 0 radical (unpaired) electrons. The largest absolute Gasteiger partial charge is 0.381 e. The molecule has 2 amide bonds. The molecule has 3 heterocycles. The van der Waals surface area contributed by atoms with E-state index in [1.807, 2.05) is 24.4 Å². The smallest absolute Gasteiger partial charge is 0.243 e. The maximum Gasteiger partial charge on any atom is 0.243 e. The van der Waals surface area contributed by atoms with E-state index in [0.717, 1.165) is 16.3 Å². The molecule has 13 heteroatoms. The molecule has 3 aromatic rings. The summed E-state index contributed by atoms with van der Waals surface area (Å²) in [5.41, 5.74) is 2.66. The van der Waals surface area contributed by atoms with Crippen molar-refractivity contribution in [2.24, 2.45) is 0 Å². The molecule has 1 atom stereocenters. The lowest BCUT2D eigenvalue weighted by Crippen LogP contribution is -2.51. The van der Waals surface area contributed by atoms with Crippen LogP contribution in [0, 0.1) is 6.92 Å². The summed E-state index contributed by atoms with van der Waals surface area (Å²) in [6.07, 6.45) is 4.78. The molecule has 10 nitrogen and oxygen atoms in total. The molecule has 0 saturated carbocycles. The number of amides is 2. The number of piperidine rings is 1. The number of aromatic nitrogens is 2. The van der Waals surface area contributed by atoms with Crippen molar-refractivity contribution in [1.82, 2.24) is 19.6 Å². The number of benzene rings is 1. The van der Waals surface area contributed by atoms with E-state index in [9.17, 15) is 18.0 Å². The average molecular weight is 624 g/mol. The minimum Gasteiger partial charge on any atom is -0.381 e. The zero-order valence-electron chi connectivity index (χ0n) is 23.5. The van der Waals surface area contributed by atoms with Crippen molar-refractivity contribution < 1.29 is 22.7 Å². The van der Waals surface area contributed by atoms with Gasteiger partial charge < -0.3 is 19.9 Å². The normalized spacial score (nSPS) is 14.9. The fourth-order valence-corrected chi connectivity index (χ4v) is 7.04. The van der Waals surface area contributed by atoms with Gasteiger partial charge in [0.05, 0.1) is 23.8 Å². The van der Waals surface area contributed by atoms with Gasteiger partial charge in [-0.2, -0.15) is 4.72 Å². The highest BCUT2D eigenvalue weighted by atomic mass is 35.5. The van der Waals surface area contributed by atoms with Crippen LogP contribution in [0.3, 0.4) is 0 Å². The van der Waals surface area contributed by atoms with E-state index < -0.39 is 16.1 Å². The molecule has 0 spiro atoms. The number of hydrogen-bond donors (Lipinski definition) is 3. The Balaban J connectivity index is 0.00000462. The number of para-hydroxylation sites is 1. The summed E-state index contributed by atoms with van der Waals surface area (Å²) in [5, 5.41) is 4.69. The van der Waals surface area contributed by atoms with Crippen LogP contribution in [0.2, 0.25) is 0 Å². The van der Waals surface area contributed by atoms with Crippen LogP contribution in [0.25, 0.3) is 10.4 Å². The first-order valence-corrected chi connectivity index (χ1v) is 15.9. The number of imidazole rings is 1. The third-order valence-corrected chi connectivity index (χ3v) is 9.63. The zero-order valence-corrected chi connectivity index (χ0v) is 26.0. The van der Waals surface area contributed by atoms with Crippen molar-refractivity contribution >= 4 is 51.3 Å². The number of sulfonamides is 1. The molecule has 3 N–H and O–H groups in total. The number of H-pyrrole nitrogens is 1. The number of halogens is 1. The van der Waals surface area contributed by atoms with Gasteiger partial charge in [0.2, 0.25) is 21.8 Å².